The Morgan fingerprint density at radius 2 is 1.90 bits per heavy atom. The van der Waals surface area contributed by atoms with E-state index in [2.05, 4.69) is 22.9 Å². The van der Waals surface area contributed by atoms with Crippen LogP contribution in [-0.4, -0.2) is 25.3 Å². The lowest BCUT2D eigenvalue weighted by atomic mass is 10.0. The summed E-state index contributed by atoms with van der Waals surface area (Å²) in [5.41, 5.74) is 0. The minimum Gasteiger partial charge on any atom is -0.207 e. The van der Waals surface area contributed by atoms with E-state index in [1.165, 1.54) is 0 Å². The molecule has 2 rings (SSSR count). The van der Waals surface area contributed by atoms with Crippen LogP contribution >= 0.6 is 39.1 Å². The molecule has 1 aliphatic rings. The molecule has 1 fully saturated rings. The Labute approximate surface area is 144 Å². The van der Waals surface area contributed by atoms with Gasteiger partial charge in [0.2, 0.25) is 10.0 Å². The lowest BCUT2D eigenvalue weighted by Gasteiger charge is -2.35. The second-order valence-electron chi connectivity index (χ2n) is 5.25. The van der Waals surface area contributed by atoms with Gasteiger partial charge in [-0.2, -0.15) is 4.31 Å². The van der Waals surface area contributed by atoms with Crippen LogP contribution in [0.4, 0.5) is 0 Å². The van der Waals surface area contributed by atoms with E-state index >= 15 is 0 Å². The lowest BCUT2D eigenvalue weighted by Crippen LogP contribution is -2.43. The minimum absolute atomic E-state index is 0.0250. The molecule has 1 atom stereocenters. The first kappa shape index (κ1) is 17.5. The first-order chi connectivity index (χ1) is 9.87. The third kappa shape index (κ3) is 3.75. The van der Waals surface area contributed by atoms with Crippen LogP contribution in [0.3, 0.4) is 0 Å². The van der Waals surface area contributed by atoms with E-state index in [1.54, 1.807) is 16.4 Å². The van der Waals surface area contributed by atoms with Crippen LogP contribution in [0.25, 0.3) is 0 Å². The Morgan fingerprint density at radius 1 is 1.29 bits per heavy atom. The number of halogens is 3. The number of hydrogen-bond acceptors (Lipinski definition) is 2. The Hall–Kier alpha value is 0.190. The molecule has 3 nitrogen and oxygen atoms in total. The van der Waals surface area contributed by atoms with Gasteiger partial charge in [-0.25, -0.2) is 8.42 Å². The van der Waals surface area contributed by atoms with Crippen molar-refractivity contribution in [1.82, 2.24) is 4.31 Å². The number of sulfonamides is 1. The Morgan fingerprint density at radius 3 is 2.48 bits per heavy atom. The van der Waals surface area contributed by atoms with Gasteiger partial charge in [-0.1, -0.05) is 58.9 Å². The fraction of sp³-hybridized carbons (Fsp3) is 0.571. The summed E-state index contributed by atoms with van der Waals surface area (Å²) < 4.78 is 28.2. The summed E-state index contributed by atoms with van der Waals surface area (Å²) in [4.78, 5) is 0.0250. The van der Waals surface area contributed by atoms with E-state index < -0.39 is 10.0 Å². The smallest absolute Gasteiger partial charge is 0.207 e. The molecule has 21 heavy (non-hydrogen) atoms. The maximum Gasteiger partial charge on any atom is 0.246 e. The van der Waals surface area contributed by atoms with Gasteiger partial charge in [0.15, 0.2) is 0 Å². The number of rotatable bonds is 4. The van der Waals surface area contributed by atoms with Crippen LogP contribution in [0.2, 0.25) is 10.0 Å². The van der Waals surface area contributed by atoms with Crippen molar-refractivity contribution in [3.05, 3.63) is 26.7 Å². The highest BCUT2D eigenvalue weighted by Crippen LogP contribution is 2.37. The van der Waals surface area contributed by atoms with Crippen LogP contribution in [0.5, 0.6) is 0 Å². The summed E-state index contributed by atoms with van der Waals surface area (Å²) in [5, 5.41) is 0.324. The lowest BCUT2D eigenvalue weighted by molar-refractivity contribution is 0.239. The van der Waals surface area contributed by atoms with Crippen molar-refractivity contribution < 1.29 is 8.42 Å². The summed E-state index contributed by atoms with van der Waals surface area (Å²) in [6.07, 6.45) is 4.67. The predicted molar refractivity (Wildman–Crippen MR) is 90.6 cm³/mol. The molecule has 0 bridgehead atoms. The third-order valence-corrected chi connectivity index (χ3v) is 7.06. The van der Waals surface area contributed by atoms with Crippen LogP contribution in [0, 0.1) is 0 Å². The Bertz CT molecular complexity index is 596. The van der Waals surface area contributed by atoms with E-state index in [0.29, 0.717) is 11.0 Å². The second kappa shape index (κ2) is 7.18. The van der Waals surface area contributed by atoms with Crippen molar-refractivity contribution >= 4 is 49.2 Å². The van der Waals surface area contributed by atoms with Crippen molar-refractivity contribution in [2.24, 2.45) is 0 Å². The molecule has 0 radical (unpaired) electrons. The van der Waals surface area contributed by atoms with Gasteiger partial charge < -0.3 is 0 Å². The summed E-state index contributed by atoms with van der Waals surface area (Å²) in [6, 6.07) is 3.18. The standard InChI is InChI=1S/C14H18BrCl2NO2S/c1-2-5-11-6-3-4-7-18(11)21(19,20)14-12(16)8-10(15)9-13(14)17/h8-9,11H,2-7H2,1H3. The van der Waals surface area contributed by atoms with Crippen LogP contribution in [0.1, 0.15) is 39.0 Å². The highest BCUT2D eigenvalue weighted by atomic mass is 79.9. The van der Waals surface area contributed by atoms with Gasteiger partial charge in [-0.05, 0) is 31.4 Å². The number of hydrogen-bond donors (Lipinski definition) is 0. The van der Waals surface area contributed by atoms with Crippen molar-refractivity contribution in [1.29, 1.82) is 0 Å². The second-order valence-corrected chi connectivity index (χ2v) is 8.81. The molecule has 1 aromatic rings. The van der Waals surface area contributed by atoms with E-state index in [-0.39, 0.29) is 21.0 Å². The van der Waals surface area contributed by atoms with Gasteiger partial charge in [0.1, 0.15) is 4.90 Å². The summed E-state index contributed by atoms with van der Waals surface area (Å²) in [7, 11) is -3.66. The van der Waals surface area contributed by atoms with E-state index in [4.69, 9.17) is 23.2 Å². The molecular formula is C14H18BrCl2NO2S. The molecule has 1 heterocycles. The summed E-state index contributed by atoms with van der Waals surface area (Å²) in [6.45, 7) is 2.61. The van der Waals surface area contributed by atoms with E-state index in [9.17, 15) is 8.42 Å². The van der Waals surface area contributed by atoms with Gasteiger partial charge in [-0.3, -0.25) is 0 Å². The van der Waals surface area contributed by atoms with E-state index in [1.807, 2.05) is 0 Å². The SMILES string of the molecule is CCCC1CCCCN1S(=O)(=O)c1c(Cl)cc(Br)cc1Cl. The van der Waals surface area contributed by atoms with Crippen molar-refractivity contribution in [2.45, 2.75) is 50.0 Å². The van der Waals surface area contributed by atoms with Crippen molar-refractivity contribution in [3.63, 3.8) is 0 Å². The maximum atomic E-state index is 13.0. The zero-order valence-electron chi connectivity index (χ0n) is 11.8. The normalized spacial score (nSPS) is 20.7. The fourth-order valence-corrected chi connectivity index (χ4v) is 6.42. The molecule has 118 valence electrons. The Balaban J connectivity index is 2.45. The molecule has 0 amide bonds. The topological polar surface area (TPSA) is 37.4 Å². The third-order valence-electron chi connectivity index (χ3n) is 3.72. The van der Waals surface area contributed by atoms with Gasteiger partial charge in [0.25, 0.3) is 0 Å². The molecule has 0 aromatic heterocycles. The summed E-state index contributed by atoms with van der Waals surface area (Å²) in [5.74, 6) is 0. The highest BCUT2D eigenvalue weighted by molar-refractivity contribution is 9.10. The maximum absolute atomic E-state index is 13.0. The number of benzene rings is 1. The molecule has 1 saturated heterocycles. The van der Waals surface area contributed by atoms with Gasteiger partial charge in [0, 0.05) is 17.1 Å². The van der Waals surface area contributed by atoms with E-state index in [0.717, 1.165) is 32.1 Å². The Kier molecular flexibility index (Phi) is 5.99. The molecule has 0 N–H and O–H groups in total. The monoisotopic (exact) mass is 413 g/mol. The largest absolute Gasteiger partial charge is 0.246 e. The average molecular weight is 415 g/mol. The first-order valence-corrected chi connectivity index (χ1v) is 10.0. The molecule has 7 heteroatoms. The minimum atomic E-state index is -3.66. The summed E-state index contributed by atoms with van der Waals surface area (Å²) >= 11 is 15.6. The quantitative estimate of drug-likeness (QED) is 0.687. The fourth-order valence-electron chi connectivity index (χ4n) is 2.80. The highest BCUT2D eigenvalue weighted by Gasteiger charge is 2.35. The molecule has 0 spiro atoms. The molecule has 1 aromatic carbocycles. The molecule has 0 aliphatic carbocycles. The molecule has 1 unspecified atom stereocenters. The van der Waals surface area contributed by atoms with Crippen LogP contribution in [0.15, 0.2) is 21.5 Å². The van der Waals surface area contributed by atoms with Gasteiger partial charge in [0.05, 0.1) is 10.0 Å². The predicted octanol–water partition coefficient (Wildman–Crippen LogP) is 5.10. The number of piperidine rings is 1. The average Bonchev–Trinajstić information content (AvgIpc) is 2.37. The zero-order chi connectivity index (χ0) is 15.6. The van der Waals surface area contributed by atoms with Crippen LogP contribution in [-0.2, 0) is 10.0 Å². The van der Waals surface area contributed by atoms with Crippen molar-refractivity contribution in [3.8, 4) is 0 Å². The van der Waals surface area contributed by atoms with Gasteiger partial charge >= 0.3 is 0 Å². The molecule has 0 saturated carbocycles. The zero-order valence-corrected chi connectivity index (χ0v) is 15.7. The first-order valence-electron chi connectivity index (χ1n) is 7.04. The van der Waals surface area contributed by atoms with Crippen molar-refractivity contribution in [2.75, 3.05) is 6.54 Å². The molecular weight excluding hydrogens is 397 g/mol. The van der Waals surface area contributed by atoms with Gasteiger partial charge in [-0.15, -0.1) is 0 Å². The molecule has 1 aliphatic heterocycles. The number of nitrogens with zero attached hydrogens (tertiary/aromatic N) is 1. The van der Waals surface area contributed by atoms with Crippen LogP contribution < -0.4 is 0 Å².